The predicted octanol–water partition coefficient (Wildman–Crippen LogP) is 1.50. The largest absolute Gasteiger partial charge is 0.395 e. The van der Waals surface area contributed by atoms with Gasteiger partial charge in [-0.3, -0.25) is 10.1 Å². The Bertz CT molecular complexity index is 363. The minimum atomic E-state index is -0.399. The highest BCUT2D eigenvalue weighted by molar-refractivity contribution is 5.85. The van der Waals surface area contributed by atoms with Gasteiger partial charge < -0.3 is 15.7 Å². The number of nitrogens with one attached hydrogen (secondary N) is 2. The van der Waals surface area contributed by atoms with E-state index in [2.05, 4.69) is 10.6 Å². The third-order valence-corrected chi connectivity index (χ3v) is 2.47. The van der Waals surface area contributed by atoms with Crippen molar-refractivity contribution in [3.05, 3.63) is 39.9 Å². The summed E-state index contributed by atoms with van der Waals surface area (Å²) in [5, 5.41) is 25.4. The first-order valence-electron chi connectivity index (χ1n) is 5.99. The zero-order chi connectivity index (χ0) is 13.2. The van der Waals surface area contributed by atoms with Crippen molar-refractivity contribution in [2.75, 3.05) is 26.2 Å². The van der Waals surface area contributed by atoms with Gasteiger partial charge in [0, 0.05) is 25.2 Å². The molecule has 0 saturated carbocycles. The normalized spacial score (nSPS) is 9.45. The minimum Gasteiger partial charge on any atom is -0.395 e. The average Bonchev–Trinajstić information content (AvgIpc) is 2.38. The van der Waals surface area contributed by atoms with Crippen LogP contribution in [-0.4, -0.2) is 36.3 Å². The van der Waals surface area contributed by atoms with Gasteiger partial charge in [0.15, 0.2) is 0 Å². The summed E-state index contributed by atoms with van der Waals surface area (Å²) in [5.74, 6) is 0. The fourth-order valence-corrected chi connectivity index (χ4v) is 1.51. The van der Waals surface area contributed by atoms with Crippen molar-refractivity contribution in [2.24, 2.45) is 0 Å². The number of aliphatic hydroxyl groups excluding tert-OH is 1. The molecule has 20 heavy (non-hydrogen) atoms. The number of hydrogen-bond donors (Lipinski definition) is 3. The van der Waals surface area contributed by atoms with Crippen LogP contribution in [0.5, 0.6) is 0 Å². The number of halogens is 2. The molecule has 0 radical (unpaired) electrons. The lowest BCUT2D eigenvalue weighted by Gasteiger charge is -2.05. The second kappa shape index (κ2) is 13.1. The Morgan fingerprint density at radius 3 is 2.20 bits per heavy atom. The van der Waals surface area contributed by atoms with Crippen molar-refractivity contribution in [1.82, 2.24) is 10.6 Å². The second-order valence-corrected chi connectivity index (χ2v) is 3.93. The number of nitro groups is 1. The lowest BCUT2D eigenvalue weighted by atomic mass is 10.2. The van der Waals surface area contributed by atoms with Crippen LogP contribution in [0.3, 0.4) is 0 Å². The Hall–Kier alpha value is -0.920. The van der Waals surface area contributed by atoms with Gasteiger partial charge in [-0.1, -0.05) is 12.1 Å². The quantitative estimate of drug-likeness (QED) is 0.364. The van der Waals surface area contributed by atoms with Crippen molar-refractivity contribution in [3.8, 4) is 0 Å². The first-order chi connectivity index (χ1) is 8.74. The number of hydrogen-bond acceptors (Lipinski definition) is 5. The molecule has 1 aromatic rings. The molecule has 0 saturated heterocycles. The van der Waals surface area contributed by atoms with Gasteiger partial charge in [-0.2, -0.15) is 0 Å². The van der Waals surface area contributed by atoms with Gasteiger partial charge in [0.2, 0.25) is 0 Å². The highest BCUT2D eigenvalue weighted by atomic mass is 35.5. The fourth-order valence-electron chi connectivity index (χ4n) is 1.51. The van der Waals surface area contributed by atoms with Crippen LogP contribution < -0.4 is 10.6 Å². The zero-order valence-corrected chi connectivity index (χ0v) is 12.7. The van der Waals surface area contributed by atoms with Crippen LogP contribution in [0.4, 0.5) is 5.69 Å². The summed E-state index contributed by atoms with van der Waals surface area (Å²) in [5.41, 5.74) is 1.15. The first kappa shape index (κ1) is 21.4. The van der Waals surface area contributed by atoms with Crippen molar-refractivity contribution < 1.29 is 10.0 Å². The summed E-state index contributed by atoms with van der Waals surface area (Å²) in [6.07, 6.45) is 0.979. The zero-order valence-electron chi connectivity index (χ0n) is 11.1. The number of rotatable bonds is 9. The van der Waals surface area contributed by atoms with E-state index in [-0.39, 0.29) is 37.1 Å². The maximum absolute atomic E-state index is 10.5. The third kappa shape index (κ3) is 9.06. The van der Waals surface area contributed by atoms with Crippen LogP contribution in [0.2, 0.25) is 0 Å². The topological polar surface area (TPSA) is 87.4 Å². The van der Waals surface area contributed by atoms with Gasteiger partial charge in [0.25, 0.3) is 5.69 Å². The van der Waals surface area contributed by atoms with Crippen LogP contribution in [0.15, 0.2) is 24.3 Å². The average molecular weight is 326 g/mol. The van der Waals surface area contributed by atoms with Crippen LogP contribution in [0.25, 0.3) is 0 Å². The Kier molecular flexibility index (Phi) is 14.0. The SMILES string of the molecule is Cl.Cl.O=[N+]([O-])c1ccc(CNCCCNCCO)cc1. The van der Waals surface area contributed by atoms with Gasteiger partial charge in [-0.15, -0.1) is 24.8 Å². The molecule has 0 aliphatic carbocycles. The molecule has 0 spiro atoms. The summed E-state index contributed by atoms with van der Waals surface area (Å²) in [6.45, 7) is 3.24. The number of non-ortho nitro benzene ring substituents is 1. The van der Waals surface area contributed by atoms with E-state index in [9.17, 15) is 10.1 Å². The monoisotopic (exact) mass is 325 g/mol. The summed E-state index contributed by atoms with van der Waals surface area (Å²) >= 11 is 0. The molecule has 1 aromatic carbocycles. The first-order valence-corrected chi connectivity index (χ1v) is 5.99. The molecular formula is C12H21Cl2N3O3. The van der Waals surface area contributed by atoms with Gasteiger partial charge >= 0.3 is 0 Å². The van der Waals surface area contributed by atoms with Gasteiger partial charge in [-0.05, 0) is 25.1 Å². The predicted molar refractivity (Wildman–Crippen MR) is 83.9 cm³/mol. The molecule has 0 aliphatic heterocycles. The van der Waals surface area contributed by atoms with E-state index >= 15 is 0 Å². The van der Waals surface area contributed by atoms with E-state index in [0.717, 1.165) is 25.1 Å². The molecule has 1 rings (SSSR count). The fraction of sp³-hybridized carbons (Fsp3) is 0.500. The minimum absolute atomic E-state index is 0. The maximum Gasteiger partial charge on any atom is 0.269 e. The lowest BCUT2D eigenvalue weighted by Crippen LogP contribution is -2.23. The third-order valence-electron chi connectivity index (χ3n) is 2.47. The van der Waals surface area contributed by atoms with E-state index in [1.165, 1.54) is 12.1 Å². The van der Waals surface area contributed by atoms with E-state index in [0.29, 0.717) is 13.1 Å². The molecule has 0 amide bonds. The molecule has 0 heterocycles. The molecule has 0 atom stereocenters. The molecule has 3 N–H and O–H groups in total. The van der Waals surface area contributed by atoms with E-state index in [1.807, 2.05) is 0 Å². The molecule has 0 unspecified atom stereocenters. The molecular weight excluding hydrogens is 305 g/mol. The van der Waals surface area contributed by atoms with E-state index in [4.69, 9.17) is 5.11 Å². The standard InChI is InChI=1S/C12H19N3O3.2ClH/c16-9-8-13-6-1-7-14-10-11-2-4-12(5-3-11)15(17)18;;/h2-5,13-14,16H,1,6-10H2;2*1H. The second-order valence-electron chi connectivity index (χ2n) is 3.93. The molecule has 116 valence electrons. The number of nitrogens with zero attached hydrogens (tertiary/aromatic N) is 1. The Labute approximate surface area is 130 Å². The number of nitro benzene ring substituents is 1. The van der Waals surface area contributed by atoms with Crippen LogP contribution >= 0.6 is 24.8 Å². The molecule has 0 aliphatic rings. The van der Waals surface area contributed by atoms with Gasteiger partial charge in [-0.25, -0.2) is 0 Å². The Balaban J connectivity index is 0. The smallest absolute Gasteiger partial charge is 0.269 e. The lowest BCUT2D eigenvalue weighted by molar-refractivity contribution is -0.384. The van der Waals surface area contributed by atoms with Crippen LogP contribution in [0.1, 0.15) is 12.0 Å². The van der Waals surface area contributed by atoms with Crippen LogP contribution in [0, 0.1) is 10.1 Å². The van der Waals surface area contributed by atoms with Crippen LogP contribution in [-0.2, 0) is 6.54 Å². The summed E-state index contributed by atoms with van der Waals surface area (Å²) < 4.78 is 0. The molecule has 8 heteroatoms. The Morgan fingerprint density at radius 1 is 1.05 bits per heavy atom. The Morgan fingerprint density at radius 2 is 1.65 bits per heavy atom. The summed E-state index contributed by atoms with van der Waals surface area (Å²) in [4.78, 5) is 10.1. The number of benzene rings is 1. The van der Waals surface area contributed by atoms with Crippen molar-refractivity contribution in [2.45, 2.75) is 13.0 Å². The molecule has 0 bridgehead atoms. The van der Waals surface area contributed by atoms with Gasteiger partial charge in [0.1, 0.15) is 0 Å². The highest BCUT2D eigenvalue weighted by Gasteiger charge is 2.03. The highest BCUT2D eigenvalue weighted by Crippen LogP contribution is 2.11. The summed E-state index contributed by atoms with van der Waals surface area (Å²) in [6, 6.07) is 6.55. The molecule has 0 aromatic heterocycles. The van der Waals surface area contributed by atoms with Crippen molar-refractivity contribution in [1.29, 1.82) is 0 Å². The summed E-state index contributed by atoms with van der Waals surface area (Å²) in [7, 11) is 0. The van der Waals surface area contributed by atoms with Gasteiger partial charge in [0.05, 0.1) is 11.5 Å². The van der Waals surface area contributed by atoms with Crippen molar-refractivity contribution >= 4 is 30.5 Å². The van der Waals surface area contributed by atoms with Crippen molar-refractivity contribution in [3.63, 3.8) is 0 Å². The maximum atomic E-state index is 10.5. The van der Waals surface area contributed by atoms with E-state index in [1.54, 1.807) is 12.1 Å². The molecule has 6 nitrogen and oxygen atoms in total. The number of aliphatic hydroxyl groups is 1. The molecule has 0 fully saturated rings. The van der Waals surface area contributed by atoms with E-state index < -0.39 is 4.92 Å².